The molecule has 0 atom stereocenters. The van der Waals surface area contributed by atoms with Crippen molar-refractivity contribution < 1.29 is 18.0 Å². The molecule has 184 valence electrons. The minimum Gasteiger partial charge on any atom is -0.497 e. The average molecular weight is 498 g/mol. The minimum absolute atomic E-state index is 0.0761. The van der Waals surface area contributed by atoms with E-state index in [1.54, 1.807) is 18.3 Å². The Bertz CT molecular complexity index is 1590. The lowest BCUT2D eigenvalue weighted by Gasteiger charge is -2.19. The van der Waals surface area contributed by atoms with E-state index in [0.29, 0.717) is 30.2 Å². The smallest absolute Gasteiger partial charge is 0.169 e. The number of aromatic nitrogens is 3. The van der Waals surface area contributed by atoms with Crippen molar-refractivity contribution in [2.75, 3.05) is 7.11 Å². The molecule has 9 heteroatoms. The van der Waals surface area contributed by atoms with Gasteiger partial charge in [-0.2, -0.15) is 5.10 Å². The van der Waals surface area contributed by atoms with Gasteiger partial charge in [-0.15, -0.1) is 0 Å². The van der Waals surface area contributed by atoms with E-state index in [1.807, 2.05) is 54.6 Å². The summed E-state index contributed by atoms with van der Waals surface area (Å²) in [6.45, 7) is 0.759. The van der Waals surface area contributed by atoms with Crippen LogP contribution >= 0.6 is 0 Å². The number of rotatable bonds is 6. The molecule has 6 rings (SSSR count). The Kier molecular flexibility index (Phi) is 5.72. The van der Waals surface area contributed by atoms with Gasteiger partial charge < -0.3 is 14.2 Å². The Labute approximate surface area is 211 Å². The number of nitrogens with one attached hydrogen (secondary N) is 1. The largest absolute Gasteiger partial charge is 0.497 e. The molecule has 3 aromatic carbocycles. The van der Waals surface area contributed by atoms with Gasteiger partial charge in [-0.25, -0.2) is 13.8 Å². The van der Waals surface area contributed by atoms with Crippen molar-refractivity contribution >= 4 is 6.21 Å². The standard InChI is InChI=1S/C28H21F2N5O2/c1-36-20-11-9-18(10-12-20)17-5-7-19(8-6-17)24-13-21(37-34-24)15-35-16-26-25(14-31-35)32-28(33-26)22-3-2-4-23(29)27(22)30/h2-14H,15-16H2,1H3,(H,32,33). The molecule has 0 unspecified atom stereocenters. The van der Waals surface area contributed by atoms with Gasteiger partial charge in [-0.1, -0.05) is 47.6 Å². The molecule has 5 aromatic rings. The first-order valence-corrected chi connectivity index (χ1v) is 11.6. The van der Waals surface area contributed by atoms with Crippen molar-refractivity contribution in [2.45, 2.75) is 13.1 Å². The van der Waals surface area contributed by atoms with E-state index in [4.69, 9.17) is 9.26 Å². The number of ether oxygens (including phenoxy) is 1. The summed E-state index contributed by atoms with van der Waals surface area (Å²) in [6.07, 6.45) is 1.61. The number of hydrogen-bond donors (Lipinski definition) is 1. The van der Waals surface area contributed by atoms with Gasteiger partial charge in [0.25, 0.3) is 0 Å². The van der Waals surface area contributed by atoms with Crippen molar-refractivity contribution in [3.63, 3.8) is 0 Å². The molecule has 2 aromatic heterocycles. The predicted molar refractivity (Wildman–Crippen MR) is 135 cm³/mol. The summed E-state index contributed by atoms with van der Waals surface area (Å²) in [5.74, 6) is -0.137. The number of imidazole rings is 1. The lowest BCUT2D eigenvalue weighted by atomic mass is 10.0. The van der Waals surface area contributed by atoms with E-state index in [1.165, 1.54) is 12.1 Å². The number of aromatic amines is 1. The van der Waals surface area contributed by atoms with Crippen molar-refractivity contribution in [2.24, 2.45) is 5.10 Å². The van der Waals surface area contributed by atoms with Crippen LogP contribution in [0.25, 0.3) is 33.8 Å². The Morgan fingerprint density at radius 1 is 0.973 bits per heavy atom. The zero-order valence-electron chi connectivity index (χ0n) is 19.8. The van der Waals surface area contributed by atoms with Crippen LogP contribution in [0.4, 0.5) is 8.78 Å². The second-order valence-electron chi connectivity index (χ2n) is 8.60. The van der Waals surface area contributed by atoms with Gasteiger partial charge in [0.05, 0.1) is 43.4 Å². The molecule has 7 nitrogen and oxygen atoms in total. The predicted octanol–water partition coefficient (Wildman–Crippen LogP) is 6.04. The summed E-state index contributed by atoms with van der Waals surface area (Å²) in [4.78, 5) is 7.48. The Morgan fingerprint density at radius 2 is 1.70 bits per heavy atom. The molecule has 37 heavy (non-hydrogen) atoms. The van der Waals surface area contributed by atoms with Gasteiger partial charge >= 0.3 is 0 Å². The SMILES string of the molecule is COc1ccc(-c2ccc(-c3cc(CN4Cc5nc(-c6cccc(F)c6F)[nH]c5C=N4)on3)cc2)cc1. The number of hydrogen-bond acceptors (Lipinski definition) is 6. The van der Waals surface area contributed by atoms with Gasteiger partial charge in [0.2, 0.25) is 0 Å². The quantitative estimate of drug-likeness (QED) is 0.310. The van der Waals surface area contributed by atoms with Crippen LogP contribution in [0.1, 0.15) is 17.1 Å². The van der Waals surface area contributed by atoms with E-state index in [2.05, 4.69) is 20.2 Å². The fraction of sp³-hybridized carbons (Fsp3) is 0.107. The topological polar surface area (TPSA) is 79.5 Å². The van der Waals surface area contributed by atoms with Crippen molar-refractivity contribution in [3.05, 3.63) is 102 Å². The number of nitrogens with zero attached hydrogens (tertiary/aromatic N) is 4. The fourth-order valence-corrected chi connectivity index (χ4v) is 4.23. The van der Waals surface area contributed by atoms with Crippen LogP contribution in [0, 0.1) is 11.6 Å². The monoisotopic (exact) mass is 497 g/mol. The molecule has 3 heterocycles. The van der Waals surface area contributed by atoms with Gasteiger partial charge in [0.1, 0.15) is 17.3 Å². The first kappa shape index (κ1) is 22.7. The molecule has 0 aliphatic carbocycles. The molecular formula is C28H21F2N5O2. The number of H-pyrrole nitrogens is 1. The van der Waals surface area contributed by atoms with Gasteiger partial charge in [-0.05, 0) is 35.4 Å². The summed E-state index contributed by atoms with van der Waals surface area (Å²) in [6, 6.07) is 21.9. The van der Waals surface area contributed by atoms with Gasteiger partial charge in [0.15, 0.2) is 17.4 Å². The number of methoxy groups -OCH3 is 1. The second-order valence-corrected chi connectivity index (χ2v) is 8.60. The van der Waals surface area contributed by atoms with Gasteiger partial charge in [-0.3, -0.25) is 5.01 Å². The third-order valence-electron chi connectivity index (χ3n) is 6.20. The second kappa shape index (κ2) is 9.34. The molecule has 0 saturated carbocycles. The van der Waals surface area contributed by atoms with Crippen molar-refractivity contribution in [1.82, 2.24) is 20.1 Å². The lowest BCUT2D eigenvalue weighted by Crippen LogP contribution is -2.21. The maximum absolute atomic E-state index is 14.2. The summed E-state index contributed by atoms with van der Waals surface area (Å²) in [5, 5.41) is 10.4. The number of halogens is 2. The highest BCUT2D eigenvalue weighted by Crippen LogP contribution is 2.28. The van der Waals surface area contributed by atoms with Crippen LogP contribution in [0.3, 0.4) is 0 Å². The van der Waals surface area contributed by atoms with E-state index < -0.39 is 11.6 Å². The van der Waals surface area contributed by atoms with Crippen LogP contribution in [0.2, 0.25) is 0 Å². The Hall–Kier alpha value is -4.79. The molecule has 0 fully saturated rings. The summed E-state index contributed by atoms with van der Waals surface area (Å²) >= 11 is 0. The highest BCUT2D eigenvalue weighted by molar-refractivity contribution is 5.80. The van der Waals surface area contributed by atoms with Crippen LogP contribution in [0.15, 0.2) is 82.4 Å². The van der Waals surface area contributed by atoms with Crippen LogP contribution < -0.4 is 4.74 Å². The highest BCUT2D eigenvalue weighted by atomic mass is 19.2. The first-order chi connectivity index (χ1) is 18.1. The van der Waals surface area contributed by atoms with Crippen molar-refractivity contribution in [1.29, 1.82) is 0 Å². The lowest BCUT2D eigenvalue weighted by molar-refractivity contribution is 0.229. The van der Waals surface area contributed by atoms with Gasteiger partial charge in [0, 0.05) is 11.6 Å². The molecule has 0 saturated heterocycles. The number of fused-ring (bicyclic) bond motifs is 1. The molecule has 0 bridgehead atoms. The maximum Gasteiger partial charge on any atom is 0.169 e. The van der Waals surface area contributed by atoms with E-state index in [-0.39, 0.29) is 11.4 Å². The molecule has 0 radical (unpaired) electrons. The van der Waals surface area contributed by atoms with Crippen LogP contribution in [-0.2, 0) is 13.1 Å². The average Bonchev–Trinajstić information content (AvgIpc) is 3.57. The third-order valence-corrected chi connectivity index (χ3v) is 6.20. The van der Waals surface area contributed by atoms with Crippen molar-refractivity contribution in [3.8, 4) is 39.5 Å². The fourth-order valence-electron chi connectivity index (χ4n) is 4.23. The van der Waals surface area contributed by atoms with Crippen LogP contribution in [0.5, 0.6) is 5.75 Å². The maximum atomic E-state index is 14.2. The summed E-state index contributed by atoms with van der Waals surface area (Å²) in [5.41, 5.74) is 5.26. The Morgan fingerprint density at radius 3 is 2.46 bits per heavy atom. The zero-order chi connectivity index (χ0) is 25.4. The van der Waals surface area contributed by atoms with E-state index in [9.17, 15) is 8.78 Å². The molecule has 1 N–H and O–H groups in total. The molecule has 1 aliphatic rings. The minimum atomic E-state index is -0.936. The number of hydrazone groups is 1. The Balaban J connectivity index is 1.14. The zero-order valence-corrected chi connectivity index (χ0v) is 19.8. The normalized spacial score (nSPS) is 12.6. The molecule has 0 amide bonds. The molecule has 0 spiro atoms. The third kappa shape index (κ3) is 4.47. The first-order valence-electron chi connectivity index (χ1n) is 11.6. The van der Waals surface area contributed by atoms with E-state index >= 15 is 0 Å². The van der Waals surface area contributed by atoms with E-state index in [0.717, 1.165) is 34.2 Å². The summed E-state index contributed by atoms with van der Waals surface area (Å²) < 4.78 is 38.6. The number of benzene rings is 3. The molecular weight excluding hydrogens is 476 g/mol. The van der Waals surface area contributed by atoms with Crippen LogP contribution in [-0.4, -0.2) is 33.5 Å². The summed E-state index contributed by atoms with van der Waals surface area (Å²) in [7, 11) is 1.65. The molecule has 1 aliphatic heterocycles. The highest BCUT2D eigenvalue weighted by Gasteiger charge is 2.21.